The molecular weight excluding hydrogens is 186 g/mol. The molecule has 0 atom stereocenters. The molecule has 1 aromatic rings. The first-order valence-electron chi connectivity index (χ1n) is 2.49. The van der Waals surface area contributed by atoms with Crippen LogP contribution in [0.25, 0.3) is 0 Å². The fourth-order valence-electron chi connectivity index (χ4n) is 0.473. The first-order chi connectivity index (χ1) is 4.33. The summed E-state index contributed by atoms with van der Waals surface area (Å²) in [5.74, 6) is 0. The van der Waals surface area contributed by atoms with E-state index in [0.717, 1.165) is 0 Å². The predicted octanol–water partition coefficient (Wildman–Crippen LogP) is 0.0329. The summed E-state index contributed by atoms with van der Waals surface area (Å²) < 4.78 is 0.691. The Labute approximate surface area is 60.6 Å². The second-order valence-corrected chi connectivity index (χ2v) is 2.30. The van der Waals surface area contributed by atoms with Gasteiger partial charge in [-0.1, -0.05) is 0 Å². The summed E-state index contributed by atoms with van der Waals surface area (Å²) in [5.41, 5.74) is 0. The summed E-state index contributed by atoms with van der Waals surface area (Å²) in [6.45, 7) is 0.521. The number of aromatic nitrogens is 3. The molecule has 4 nitrogen and oxygen atoms in total. The van der Waals surface area contributed by atoms with Crippen LogP contribution in [0, 0.1) is 0 Å². The van der Waals surface area contributed by atoms with Crippen molar-refractivity contribution in [3.63, 3.8) is 0 Å². The summed E-state index contributed by atoms with van der Waals surface area (Å²) in [6.07, 6.45) is 1.58. The van der Waals surface area contributed by atoms with Crippen LogP contribution in [-0.4, -0.2) is 26.7 Å². The Balaban J connectivity index is 2.61. The molecule has 0 saturated carbocycles. The number of rotatable bonds is 2. The maximum atomic E-state index is 8.41. The quantitative estimate of drug-likeness (QED) is 0.719. The molecule has 0 aliphatic carbocycles. The molecular formula is C4H6BrN3O. The molecule has 5 heteroatoms. The van der Waals surface area contributed by atoms with Gasteiger partial charge in [0.05, 0.1) is 19.3 Å². The van der Waals surface area contributed by atoms with Gasteiger partial charge in [-0.2, -0.15) is 9.90 Å². The topological polar surface area (TPSA) is 50.9 Å². The summed E-state index contributed by atoms with van der Waals surface area (Å²) in [7, 11) is 0. The van der Waals surface area contributed by atoms with Crippen molar-refractivity contribution in [2.45, 2.75) is 6.54 Å². The first kappa shape index (κ1) is 6.70. The van der Waals surface area contributed by atoms with Crippen LogP contribution >= 0.6 is 15.9 Å². The van der Waals surface area contributed by atoms with E-state index in [-0.39, 0.29) is 6.61 Å². The molecule has 50 valence electrons. The lowest BCUT2D eigenvalue weighted by Gasteiger charge is -1.90. The highest BCUT2D eigenvalue weighted by molar-refractivity contribution is 9.10. The molecule has 1 N–H and O–H groups in total. The Hall–Kier alpha value is -0.420. The molecule has 0 radical (unpaired) electrons. The fourth-order valence-corrected chi connectivity index (χ4v) is 0.748. The van der Waals surface area contributed by atoms with Crippen molar-refractivity contribution in [2.24, 2.45) is 0 Å². The van der Waals surface area contributed by atoms with Crippen molar-refractivity contribution in [2.75, 3.05) is 6.61 Å². The van der Waals surface area contributed by atoms with Gasteiger partial charge in [-0.25, -0.2) is 0 Å². The standard InChI is InChI=1S/C4H6BrN3O/c5-4-3-6-8(7-4)1-2-9/h3,9H,1-2H2. The molecule has 0 spiro atoms. The number of aliphatic hydroxyl groups is 1. The SMILES string of the molecule is OCCn1ncc(Br)n1. The second kappa shape index (κ2) is 2.93. The number of halogens is 1. The van der Waals surface area contributed by atoms with Gasteiger partial charge in [0.25, 0.3) is 0 Å². The molecule has 0 bridgehead atoms. The van der Waals surface area contributed by atoms with Crippen molar-refractivity contribution in [1.29, 1.82) is 0 Å². The smallest absolute Gasteiger partial charge is 0.148 e. The van der Waals surface area contributed by atoms with Crippen LogP contribution in [0.3, 0.4) is 0 Å². The zero-order valence-corrected chi connectivity index (χ0v) is 6.24. The molecule has 1 rings (SSSR count). The lowest BCUT2D eigenvalue weighted by atomic mass is 10.7. The van der Waals surface area contributed by atoms with E-state index >= 15 is 0 Å². The minimum absolute atomic E-state index is 0.0706. The molecule has 0 aromatic carbocycles. The monoisotopic (exact) mass is 191 g/mol. The van der Waals surface area contributed by atoms with Gasteiger partial charge in [-0.15, -0.1) is 5.10 Å². The van der Waals surface area contributed by atoms with Gasteiger partial charge in [0.1, 0.15) is 4.60 Å². The molecule has 0 unspecified atom stereocenters. The van der Waals surface area contributed by atoms with Gasteiger partial charge in [0, 0.05) is 0 Å². The minimum Gasteiger partial charge on any atom is -0.394 e. The second-order valence-electron chi connectivity index (χ2n) is 1.49. The van der Waals surface area contributed by atoms with Gasteiger partial charge < -0.3 is 5.11 Å². The number of nitrogens with zero attached hydrogens (tertiary/aromatic N) is 3. The molecule has 0 aliphatic rings. The lowest BCUT2D eigenvalue weighted by molar-refractivity contribution is 0.260. The van der Waals surface area contributed by atoms with E-state index < -0.39 is 0 Å². The summed E-state index contributed by atoms with van der Waals surface area (Å²) >= 11 is 3.13. The fraction of sp³-hybridized carbons (Fsp3) is 0.500. The van der Waals surface area contributed by atoms with E-state index in [1.807, 2.05) is 0 Å². The van der Waals surface area contributed by atoms with Crippen molar-refractivity contribution < 1.29 is 5.11 Å². The Morgan fingerprint density at radius 2 is 2.56 bits per heavy atom. The molecule has 1 heterocycles. The Kier molecular flexibility index (Phi) is 2.18. The van der Waals surface area contributed by atoms with Gasteiger partial charge in [0.15, 0.2) is 0 Å². The summed E-state index contributed by atoms with van der Waals surface area (Å²) in [6, 6.07) is 0. The third-order valence-electron chi connectivity index (χ3n) is 0.809. The van der Waals surface area contributed by atoms with Gasteiger partial charge in [-0.05, 0) is 15.9 Å². The molecule has 1 aromatic heterocycles. The highest BCUT2D eigenvalue weighted by Crippen LogP contribution is 1.99. The Bertz CT molecular complexity index is 188. The molecule has 0 saturated heterocycles. The summed E-state index contributed by atoms with van der Waals surface area (Å²) in [4.78, 5) is 1.42. The number of hydrogen-bond donors (Lipinski definition) is 1. The van der Waals surface area contributed by atoms with Crippen LogP contribution in [0.15, 0.2) is 10.8 Å². The van der Waals surface area contributed by atoms with Crippen LogP contribution < -0.4 is 0 Å². The van der Waals surface area contributed by atoms with Gasteiger partial charge in [0.2, 0.25) is 0 Å². The van der Waals surface area contributed by atoms with E-state index in [2.05, 4.69) is 26.1 Å². The maximum absolute atomic E-state index is 8.41. The zero-order valence-electron chi connectivity index (χ0n) is 4.66. The normalized spacial score (nSPS) is 10.0. The highest BCUT2D eigenvalue weighted by atomic mass is 79.9. The Morgan fingerprint density at radius 3 is 3.00 bits per heavy atom. The van der Waals surface area contributed by atoms with Crippen LogP contribution in [0.4, 0.5) is 0 Å². The van der Waals surface area contributed by atoms with Crippen LogP contribution in [0.2, 0.25) is 0 Å². The van der Waals surface area contributed by atoms with E-state index in [9.17, 15) is 0 Å². The third kappa shape index (κ3) is 1.76. The highest BCUT2D eigenvalue weighted by Gasteiger charge is 1.92. The average Bonchev–Trinajstić information content (AvgIpc) is 2.17. The number of hydrogen-bond acceptors (Lipinski definition) is 3. The largest absolute Gasteiger partial charge is 0.394 e. The van der Waals surface area contributed by atoms with Crippen LogP contribution in [0.1, 0.15) is 0 Å². The molecule has 0 amide bonds. The van der Waals surface area contributed by atoms with Crippen LogP contribution in [-0.2, 0) is 6.54 Å². The van der Waals surface area contributed by atoms with E-state index in [4.69, 9.17) is 5.11 Å². The summed E-state index contributed by atoms with van der Waals surface area (Å²) in [5, 5.41) is 16.1. The van der Waals surface area contributed by atoms with Crippen LogP contribution in [0.5, 0.6) is 0 Å². The van der Waals surface area contributed by atoms with Crippen molar-refractivity contribution in [3.05, 3.63) is 10.8 Å². The maximum Gasteiger partial charge on any atom is 0.148 e. The zero-order chi connectivity index (χ0) is 6.69. The Morgan fingerprint density at radius 1 is 1.78 bits per heavy atom. The predicted molar refractivity (Wildman–Crippen MR) is 34.8 cm³/mol. The average molecular weight is 192 g/mol. The molecule has 0 fully saturated rings. The third-order valence-corrected chi connectivity index (χ3v) is 1.17. The van der Waals surface area contributed by atoms with Crippen molar-refractivity contribution >= 4 is 15.9 Å². The molecule has 9 heavy (non-hydrogen) atoms. The number of aliphatic hydroxyl groups excluding tert-OH is 1. The molecule has 0 aliphatic heterocycles. The van der Waals surface area contributed by atoms with Crippen molar-refractivity contribution in [3.8, 4) is 0 Å². The lowest BCUT2D eigenvalue weighted by Crippen LogP contribution is -2.05. The first-order valence-corrected chi connectivity index (χ1v) is 3.28. The van der Waals surface area contributed by atoms with E-state index in [0.29, 0.717) is 11.1 Å². The van der Waals surface area contributed by atoms with E-state index in [1.54, 1.807) is 6.20 Å². The minimum atomic E-state index is 0.0706. The van der Waals surface area contributed by atoms with Gasteiger partial charge >= 0.3 is 0 Å². The van der Waals surface area contributed by atoms with Crippen molar-refractivity contribution in [1.82, 2.24) is 15.0 Å². The van der Waals surface area contributed by atoms with E-state index in [1.165, 1.54) is 4.80 Å². The van der Waals surface area contributed by atoms with Gasteiger partial charge in [-0.3, -0.25) is 0 Å².